The quantitative estimate of drug-likeness (QED) is 0.180. The molecule has 0 N–H and O–H groups in total. The molecule has 0 bridgehead atoms. The Balaban J connectivity index is 1.06. The van der Waals surface area contributed by atoms with E-state index in [1.165, 1.54) is 5.39 Å². The van der Waals surface area contributed by atoms with Gasteiger partial charge in [-0.25, -0.2) is 19.9 Å². The van der Waals surface area contributed by atoms with E-state index in [9.17, 15) is 0 Å². The molecule has 0 amide bonds. The Kier molecular flexibility index (Phi) is 6.21. The zero-order valence-electron chi connectivity index (χ0n) is 29.0. The first kappa shape index (κ1) is 29.9. The van der Waals surface area contributed by atoms with Crippen LogP contribution in [0.15, 0.2) is 171 Å². The number of nitrogens with zero attached hydrogens (tertiary/aromatic N) is 4. The molecule has 0 spiro atoms. The molecule has 0 aliphatic carbocycles. The minimum atomic E-state index is 0.566. The second-order valence-corrected chi connectivity index (χ2v) is 13.8. The second-order valence-electron chi connectivity index (χ2n) is 13.8. The summed E-state index contributed by atoms with van der Waals surface area (Å²) in [6.45, 7) is 0. The Labute approximate surface area is 312 Å². The summed E-state index contributed by atoms with van der Waals surface area (Å²) in [6, 6.07) is 53.1. The molecule has 12 rings (SSSR count). The first-order valence-corrected chi connectivity index (χ1v) is 18.1. The van der Waals surface area contributed by atoms with E-state index in [2.05, 4.69) is 66.7 Å². The minimum absolute atomic E-state index is 0.566. The highest BCUT2D eigenvalue weighted by Gasteiger charge is 2.20. The molecule has 7 heteroatoms. The van der Waals surface area contributed by atoms with Gasteiger partial charge < -0.3 is 13.3 Å². The highest BCUT2D eigenvalue weighted by molar-refractivity contribution is 6.25. The number of rotatable bonds is 4. The third-order valence-electron chi connectivity index (χ3n) is 10.5. The Morgan fingerprint density at radius 3 is 1.80 bits per heavy atom. The molecule has 0 aliphatic rings. The van der Waals surface area contributed by atoms with Crippen LogP contribution in [-0.2, 0) is 0 Å². The van der Waals surface area contributed by atoms with Gasteiger partial charge in [0.05, 0.1) is 5.39 Å². The van der Waals surface area contributed by atoms with Crippen molar-refractivity contribution in [1.82, 2.24) is 19.9 Å². The molecule has 0 radical (unpaired) electrons. The topological polar surface area (TPSA) is 91.0 Å². The number of para-hydroxylation sites is 1. The predicted molar refractivity (Wildman–Crippen MR) is 219 cm³/mol. The first-order chi connectivity index (χ1) is 27.2. The lowest BCUT2D eigenvalue weighted by Crippen LogP contribution is -2.00. The van der Waals surface area contributed by atoms with E-state index in [0.29, 0.717) is 28.9 Å². The molecule has 7 nitrogen and oxygen atoms in total. The standard InChI is InChI=1S/C48H26N4O3/c1-2-9-29(10-3-1)45-50-46(52-47(51-45)32-19-21-39-36(26-32)34-12-6-7-13-38(34)53-39)31-16-15-28-18-22-40-42(35(28)25-31)43-41(54-40)23-20-37-44(43)55-48(49-37)33-17-14-27-8-4-5-11-30(27)24-33/h1-26H. The van der Waals surface area contributed by atoms with Crippen LogP contribution in [0.2, 0.25) is 0 Å². The Morgan fingerprint density at radius 1 is 0.327 bits per heavy atom. The van der Waals surface area contributed by atoms with E-state index < -0.39 is 0 Å². The van der Waals surface area contributed by atoms with Gasteiger partial charge in [-0.2, -0.15) is 0 Å². The van der Waals surface area contributed by atoms with Gasteiger partial charge in [0.1, 0.15) is 27.8 Å². The van der Waals surface area contributed by atoms with Gasteiger partial charge in [0.25, 0.3) is 0 Å². The van der Waals surface area contributed by atoms with Crippen molar-refractivity contribution in [2.45, 2.75) is 0 Å². The molecule has 4 aromatic heterocycles. The van der Waals surface area contributed by atoms with Crippen LogP contribution in [0.5, 0.6) is 0 Å². The van der Waals surface area contributed by atoms with E-state index in [1.807, 2.05) is 91.0 Å². The zero-order chi connectivity index (χ0) is 36.0. The van der Waals surface area contributed by atoms with Crippen molar-refractivity contribution in [2.24, 2.45) is 0 Å². The fourth-order valence-corrected chi connectivity index (χ4v) is 7.86. The summed E-state index contributed by atoms with van der Waals surface area (Å²) in [6.07, 6.45) is 0. The van der Waals surface area contributed by atoms with Gasteiger partial charge in [0.2, 0.25) is 5.89 Å². The molecule has 0 unspecified atom stereocenters. The Hall–Kier alpha value is -7.64. The van der Waals surface area contributed by atoms with E-state index in [4.69, 9.17) is 33.2 Å². The summed E-state index contributed by atoms with van der Waals surface area (Å²) in [5, 5.41) is 8.26. The summed E-state index contributed by atoms with van der Waals surface area (Å²) in [5.74, 6) is 2.30. The van der Waals surface area contributed by atoms with Gasteiger partial charge in [-0.05, 0) is 82.2 Å². The predicted octanol–water partition coefficient (Wildman–Crippen LogP) is 12.8. The summed E-state index contributed by atoms with van der Waals surface area (Å²) < 4.78 is 19.2. The molecule has 256 valence electrons. The second kappa shape index (κ2) is 11.4. The monoisotopic (exact) mass is 706 g/mol. The van der Waals surface area contributed by atoms with Crippen molar-refractivity contribution < 1.29 is 13.3 Å². The largest absolute Gasteiger partial charge is 0.456 e. The van der Waals surface area contributed by atoms with Crippen molar-refractivity contribution in [1.29, 1.82) is 0 Å². The van der Waals surface area contributed by atoms with Crippen LogP contribution in [0.3, 0.4) is 0 Å². The highest BCUT2D eigenvalue weighted by Crippen LogP contribution is 2.41. The van der Waals surface area contributed by atoms with Gasteiger partial charge >= 0.3 is 0 Å². The molecular weight excluding hydrogens is 681 g/mol. The van der Waals surface area contributed by atoms with E-state index in [1.54, 1.807) is 0 Å². The van der Waals surface area contributed by atoms with Crippen molar-refractivity contribution in [2.75, 3.05) is 0 Å². The number of fused-ring (bicyclic) bond motifs is 11. The summed E-state index contributed by atoms with van der Waals surface area (Å²) >= 11 is 0. The average Bonchev–Trinajstić information content (AvgIpc) is 3.97. The molecular formula is C48H26N4O3. The first-order valence-electron chi connectivity index (χ1n) is 18.1. The van der Waals surface area contributed by atoms with E-state index in [0.717, 1.165) is 87.8 Å². The van der Waals surface area contributed by atoms with E-state index >= 15 is 0 Å². The SMILES string of the molecule is c1ccc(-c2nc(-c3ccc4oc5ccccc5c4c3)nc(-c3ccc4ccc5oc6ccc7nc(-c8ccc9ccccc9c8)oc7c6c5c4c3)n2)cc1. The maximum atomic E-state index is 6.62. The van der Waals surface area contributed by atoms with Crippen LogP contribution in [-0.4, -0.2) is 19.9 Å². The van der Waals surface area contributed by atoms with Gasteiger partial charge in [-0.15, -0.1) is 0 Å². The van der Waals surface area contributed by atoms with Crippen LogP contribution in [0.4, 0.5) is 0 Å². The van der Waals surface area contributed by atoms with Crippen LogP contribution in [0.25, 0.3) is 122 Å². The lowest BCUT2D eigenvalue weighted by molar-refractivity contribution is 0.622. The molecule has 8 aromatic carbocycles. The number of oxazole rings is 1. The van der Waals surface area contributed by atoms with Gasteiger partial charge in [0, 0.05) is 38.4 Å². The smallest absolute Gasteiger partial charge is 0.227 e. The summed E-state index contributed by atoms with van der Waals surface area (Å²) in [4.78, 5) is 20.1. The van der Waals surface area contributed by atoms with Crippen LogP contribution in [0, 0.1) is 0 Å². The molecule has 12 aromatic rings. The van der Waals surface area contributed by atoms with Gasteiger partial charge in [-0.3, -0.25) is 0 Å². The van der Waals surface area contributed by atoms with Crippen molar-refractivity contribution in [3.8, 4) is 45.6 Å². The lowest BCUT2D eigenvalue weighted by atomic mass is 10.0. The highest BCUT2D eigenvalue weighted by atomic mass is 16.4. The molecule has 0 saturated carbocycles. The fourth-order valence-electron chi connectivity index (χ4n) is 7.86. The molecule has 0 atom stereocenters. The molecule has 0 aliphatic heterocycles. The lowest BCUT2D eigenvalue weighted by Gasteiger charge is -2.09. The number of hydrogen-bond acceptors (Lipinski definition) is 7. The maximum absolute atomic E-state index is 6.62. The zero-order valence-corrected chi connectivity index (χ0v) is 29.0. The van der Waals surface area contributed by atoms with Crippen LogP contribution < -0.4 is 0 Å². The Morgan fingerprint density at radius 2 is 0.927 bits per heavy atom. The third kappa shape index (κ3) is 4.70. The minimum Gasteiger partial charge on any atom is -0.456 e. The molecule has 0 saturated heterocycles. The van der Waals surface area contributed by atoms with E-state index in [-0.39, 0.29) is 0 Å². The Bertz CT molecular complexity index is 3510. The van der Waals surface area contributed by atoms with Crippen molar-refractivity contribution >= 4 is 76.5 Å². The van der Waals surface area contributed by atoms with Gasteiger partial charge in [-0.1, -0.05) is 97.1 Å². The summed E-state index contributed by atoms with van der Waals surface area (Å²) in [5.41, 5.74) is 8.16. The van der Waals surface area contributed by atoms with Crippen molar-refractivity contribution in [3.63, 3.8) is 0 Å². The number of benzene rings is 8. The number of furan rings is 2. The number of hydrogen-bond donors (Lipinski definition) is 0. The molecule has 55 heavy (non-hydrogen) atoms. The van der Waals surface area contributed by atoms with Crippen molar-refractivity contribution in [3.05, 3.63) is 158 Å². The molecule has 0 fully saturated rings. The van der Waals surface area contributed by atoms with Crippen LogP contribution >= 0.6 is 0 Å². The summed E-state index contributed by atoms with van der Waals surface area (Å²) in [7, 11) is 0. The van der Waals surface area contributed by atoms with Crippen LogP contribution in [0.1, 0.15) is 0 Å². The fraction of sp³-hybridized carbons (Fsp3) is 0. The normalized spacial score (nSPS) is 12.0. The number of aromatic nitrogens is 4. The maximum Gasteiger partial charge on any atom is 0.227 e. The third-order valence-corrected chi connectivity index (χ3v) is 10.5. The molecule has 4 heterocycles. The van der Waals surface area contributed by atoms with Gasteiger partial charge in [0.15, 0.2) is 23.1 Å². The average molecular weight is 707 g/mol.